The molecule has 0 bridgehead atoms. The Morgan fingerprint density at radius 3 is 1.68 bits per heavy atom. The molecule has 0 unspecified atom stereocenters. The van der Waals surface area contributed by atoms with Crippen molar-refractivity contribution >= 4 is 20.0 Å². The van der Waals surface area contributed by atoms with Gasteiger partial charge in [-0.1, -0.05) is 85.8 Å². The van der Waals surface area contributed by atoms with E-state index in [1.165, 1.54) is 57.8 Å². The van der Waals surface area contributed by atoms with Crippen molar-refractivity contribution in [2.24, 2.45) is 0 Å². The Hall–Kier alpha value is -2.20. The molecule has 2 aromatic rings. The summed E-state index contributed by atoms with van der Waals surface area (Å²) in [4.78, 5) is 0. The predicted octanol–water partition coefficient (Wildman–Crippen LogP) is 5.62. The average Bonchev–Trinajstić information content (AvgIpc) is 3.26. The second-order valence-electron chi connectivity index (χ2n) is 8.05. The molecule has 0 spiro atoms. The van der Waals surface area contributed by atoms with Crippen LogP contribution >= 0.6 is 0 Å². The summed E-state index contributed by atoms with van der Waals surface area (Å²) < 4.78 is 110. The zero-order chi connectivity index (χ0) is 28.2. The summed E-state index contributed by atoms with van der Waals surface area (Å²) in [5.74, 6) is 0. The second kappa shape index (κ2) is 14.7. The van der Waals surface area contributed by atoms with Crippen molar-refractivity contribution in [1.29, 1.82) is 0 Å². The Balaban J connectivity index is 0.000000401. The van der Waals surface area contributed by atoms with E-state index in [2.05, 4.69) is 35.6 Å². The Bertz CT molecular complexity index is 1090. The van der Waals surface area contributed by atoms with Gasteiger partial charge >= 0.3 is 31.1 Å². The molecule has 1 heterocycles. The van der Waals surface area contributed by atoms with Gasteiger partial charge in [-0.2, -0.15) is 26.3 Å². The minimum absolute atomic E-state index is 0.493. The van der Waals surface area contributed by atoms with Crippen LogP contribution in [0.2, 0.25) is 0 Å². The third-order valence-corrected chi connectivity index (χ3v) is 7.90. The molecular weight excluding hydrogens is 550 g/mol. The molecule has 212 valence electrons. The fourth-order valence-electron chi connectivity index (χ4n) is 2.98. The van der Waals surface area contributed by atoms with E-state index < -0.39 is 35.2 Å². The van der Waals surface area contributed by atoms with Crippen molar-refractivity contribution in [2.45, 2.75) is 82.1 Å². The standard InChI is InChI=1S/C19H29N3.C2HF6NO4S2/c1-2-3-4-5-6-7-8-9-11-14-18-17-22(21-20-18)19-15-12-10-13-16-19;3-1(4,5)14(10,11)9-15(12,13)2(6,7)8/h10,12-13,15-17H,2-9,11,14H2,1H3;9H. The van der Waals surface area contributed by atoms with E-state index in [-0.39, 0.29) is 0 Å². The van der Waals surface area contributed by atoms with E-state index in [4.69, 9.17) is 0 Å². The van der Waals surface area contributed by atoms with Crippen molar-refractivity contribution in [2.75, 3.05) is 0 Å². The van der Waals surface area contributed by atoms with E-state index in [1.54, 1.807) is 0 Å². The highest BCUT2D eigenvalue weighted by molar-refractivity contribution is 8.05. The van der Waals surface area contributed by atoms with Gasteiger partial charge in [-0.25, -0.2) is 21.5 Å². The summed E-state index contributed by atoms with van der Waals surface area (Å²) in [7, 11) is -13.2. The highest BCUT2D eigenvalue weighted by Crippen LogP contribution is 2.27. The van der Waals surface area contributed by atoms with Crippen LogP contribution in [0.1, 0.15) is 70.4 Å². The number of benzene rings is 1. The number of para-hydroxylation sites is 1. The minimum Gasteiger partial charge on any atom is -0.220 e. The monoisotopic (exact) mass is 580 g/mol. The summed E-state index contributed by atoms with van der Waals surface area (Å²) in [6, 6.07) is 10.2. The lowest BCUT2D eigenvalue weighted by molar-refractivity contribution is -0.0476. The number of hydrogen-bond acceptors (Lipinski definition) is 6. The van der Waals surface area contributed by atoms with E-state index >= 15 is 0 Å². The van der Waals surface area contributed by atoms with Crippen LogP contribution < -0.4 is 4.13 Å². The second-order valence-corrected chi connectivity index (χ2v) is 11.7. The van der Waals surface area contributed by atoms with Gasteiger partial charge in [0.05, 0.1) is 17.6 Å². The summed E-state index contributed by atoms with van der Waals surface area (Å²) >= 11 is 0. The van der Waals surface area contributed by atoms with Crippen LogP contribution in [-0.2, 0) is 26.5 Å². The fraction of sp³-hybridized carbons (Fsp3) is 0.619. The van der Waals surface area contributed by atoms with Crippen molar-refractivity contribution < 1.29 is 43.2 Å². The molecule has 0 aliphatic carbocycles. The number of alkyl halides is 6. The van der Waals surface area contributed by atoms with Crippen LogP contribution in [0.5, 0.6) is 0 Å². The number of halogens is 6. The molecule has 0 atom stereocenters. The van der Waals surface area contributed by atoms with Gasteiger partial charge in [0.25, 0.3) is 0 Å². The quantitative estimate of drug-likeness (QED) is 0.243. The highest BCUT2D eigenvalue weighted by Gasteiger charge is 2.55. The first kappa shape index (κ1) is 32.8. The largest absolute Gasteiger partial charge is 0.512 e. The molecule has 0 radical (unpaired) electrons. The maximum atomic E-state index is 11.5. The minimum atomic E-state index is -6.60. The summed E-state index contributed by atoms with van der Waals surface area (Å²) in [5, 5.41) is 8.48. The number of rotatable bonds is 13. The number of aromatic nitrogens is 3. The SMILES string of the molecule is CCCCCCCCCCCc1cn(-c2ccccc2)nn1.O=S(=O)(NS(=O)(=O)C(F)(F)F)C(F)(F)F. The summed E-state index contributed by atoms with van der Waals surface area (Å²) in [5.41, 5.74) is -10.1. The van der Waals surface area contributed by atoms with Gasteiger partial charge in [-0.15, -0.1) is 5.10 Å². The molecule has 0 amide bonds. The Morgan fingerprint density at radius 1 is 0.757 bits per heavy atom. The third kappa shape index (κ3) is 11.8. The topological polar surface area (TPSA) is 111 Å². The first-order valence-electron chi connectivity index (χ1n) is 11.5. The molecule has 1 N–H and O–H groups in total. The van der Waals surface area contributed by atoms with Gasteiger partial charge in [0, 0.05) is 0 Å². The molecule has 8 nitrogen and oxygen atoms in total. The van der Waals surface area contributed by atoms with E-state index in [1.807, 2.05) is 22.9 Å². The van der Waals surface area contributed by atoms with Gasteiger partial charge in [0.2, 0.25) is 0 Å². The molecule has 0 saturated heterocycles. The van der Waals surface area contributed by atoms with Crippen LogP contribution in [0, 0.1) is 0 Å². The molecule has 1 aromatic heterocycles. The Morgan fingerprint density at radius 2 is 1.22 bits per heavy atom. The van der Waals surface area contributed by atoms with Crippen molar-refractivity contribution in [3.05, 3.63) is 42.2 Å². The van der Waals surface area contributed by atoms with Gasteiger partial charge in [0.1, 0.15) is 0 Å². The number of aryl methyl sites for hydroxylation is 1. The molecule has 0 aliphatic rings. The lowest BCUT2D eigenvalue weighted by Gasteiger charge is -2.11. The number of hydrogen-bond donors (Lipinski definition) is 1. The van der Waals surface area contributed by atoms with E-state index in [0.717, 1.165) is 17.8 Å². The van der Waals surface area contributed by atoms with Crippen LogP contribution in [0.15, 0.2) is 36.5 Å². The average molecular weight is 581 g/mol. The smallest absolute Gasteiger partial charge is 0.220 e. The van der Waals surface area contributed by atoms with E-state index in [0.29, 0.717) is 0 Å². The fourth-order valence-corrected chi connectivity index (χ4v) is 4.89. The van der Waals surface area contributed by atoms with Crippen molar-refractivity contribution in [3.8, 4) is 5.69 Å². The first-order valence-corrected chi connectivity index (χ1v) is 14.4. The number of nitrogens with zero attached hydrogens (tertiary/aromatic N) is 3. The van der Waals surface area contributed by atoms with Gasteiger partial charge in [-0.3, -0.25) is 0 Å². The van der Waals surface area contributed by atoms with Crippen LogP contribution in [0.3, 0.4) is 0 Å². The Kier molecular flexibility index (Phi) is 13.0. The van der Waals surface area contributed by atoms with Gasteiger partial charge in [-0.05, 0) is 25.0 Å². The van der Waals surface area contributed by atoms with Crippen LogP contribution in [-0.4, -0.2) is 42.8 Å². The van der Waals surface area contributed by atoms with Crippen LogP contribution in [0.4, 0.5) is 26.3 Å². The van der Waals surface area contributed by atoms with Gasteiger partial charge < -0.3 is 0 Å². The third-order valence-electron chi connectivity index (χ3n) is 4.93. The maximum absolute atomic E-state index is 11.5. The lowest BCUT2D eigenvalue weighted by atomic mass is 10.1. The molecule has 0 aliphatic heterocycles. The molecule has 37 heavy (non-hydrogen) atoms. The zero-order valence-electron chi connectivity index (χ0n) is 20.1. The molecule has 16 heteroatoms. The maximum Gasteiger partial charge on any atom is 0.512 e. The first-order chi connectivity index (χ1) is 17.1. The molecule has 0 fully saturated rings. The summed E-state index contributed by atoms with van der Waals surface area (Å²) in [6.07, 6.45) is 15.4. The lowest BCUT2D eigenvalue weighted by Crippen LogP contribution is -2.45. The molecular formula is C21H30F6N4O4S2. The molecule has 2 rings (SSSR count). The zero-order valence-corrected chi connectivity index (χ0v) is 21.7. The summed E-state index contributed by atoms with van der Waals surface area (Å²) in [6.45, 7) is 2.27. The highest BCUT2D eigenvalue weighted by atomic mass is 32.3. The van der Waals surface area contributed by atoms with Crippen molar-refractivity contribution in [1.82, 2.24) is 19.1 Å². The molecule has 1 aromatic carbocycles. The van der Waals surface area contributed by atoms with Crippen LogP contribution in [0.25, 0.3) is 5.69 Å². The molecule has 0 saturated carbocycles. The number of sulfonamides is 2. The normalized spacial score (nSPS) is 12.7. The number of nitrogens with one attached hydrogen (secondary N) is 1. The van der Waals surface area contributed by atoms with Gasteiger partial charge in [0.15, 0.2) is 0 Å². The number of unbranched alkanes of at least 4 members (excludes halogenated alkanes) is 8. The Labute approximate surface area is 212 Å². The van der Waals surface area contributed by atoms with E-state index in [9.17, 15) is 43.2 Å². The van der Waals surface area contributed by atoms with Crippen molar-refractivity contribution in [3.63, 3.8) is 0 Å². The predicted molar refractivity (Wildman–Crippen MR) is 125 cm³/mol.